The monoisotopic (exact) mass is 434 g/mol. The summed E-state index contributed by atoms with van der Waals surface area (Å²) in [5.74, 6) is 4.33. The van der Waals surface area contributed by atoms with Crippen LogP contribution in [0.3, 0.4) is 0 Å². The lowest BCUT2D eigenvalue weighted by Gasteiger charge is -2.39. The maximum absolute atomic E-state index is 13.4. The predicted octanol–water partition coefficient (Wildman–Crippen LogP) is 6.00. The quantitative estimate of drug-likeness (QED) is 0.377. The average molecular weight is 435 g/mol. The number of carbonyl (C=O) groups is 1. The van der Waals surface area contributed by atoms with Gasteiger partial charge in [0.2, 0.25) is 0 Å². The van der Waals surface area contributed by atoms with Crippen molar-refractivity contribution in [2.45, 2.75) is 71.8 Å². The van der Waals surface area contributed by atoms with E-state index in [1.165, 1.54) is 37.0 Å². The molecule has 1 aliphatic carbocycles. The van der Waals surface area contributed by atoms with Crippen LogP contribution in [-0.2, 0) is 11.2 Å². The first-order valence-corrected chi connectivity index (χ1v) is 12.8. The van der Waals surface area contributed by atoms with E-state index in [0.29, 0.717) is 17.6 Å². The number of Topliss-reactive ketones (excluding diaryl/α,β-unsaturated/α-hetero) is 1. The van der Waals surface area contributed by atoms with Crippen LogP contribution in [0.15, 0.2) is 24.3 Å². The van der Waals surface area contributed by atoms with E-state index in [4.69, 9.17) is 4.74 Å². The van der Waals surface area contributed by atoms with Crippen LogP contribution in [0, 0.1) is 11.3 Å². The van der Waals surface area contributed by atoms with Crippen LogP contribution in [-0.4, -0.2) is 55.6 Å². The number of likely N-dealkylation sites (N-methyl/N-ethyl adjacent to an activating group) is 1. The van der Waals surface area contributed by atoms with Gasteiger partial charge in [0, 0.05) is 12.8 Å². The standard InChI is InChI=1S/C26H44NO2S/c1-26(2,3)17-18-27(4,5)24(20-30-19-22-9-7-8-10-22)25(28)16-13-21-11-14-23(29-6)15-12-21/h11-12,14-15,22,24H,7-10,13,16-20H2,1-6H3/q+1/t24-/m0/s1. The van der Waals surface area contributed by atoms with Gasteiger partial charge in [0.15, 0.2) is 11.8 Å². The van der Waals surface area contributed by atoms with E-state index in [1.807, 2.05) is 23.9 Å². The number of thioether (sulfide) groups is 1. The fourth-order valence-electron chi connectivity index (χ4n) is 4.21. The molecular weight excluding hydrogens is 390 g/mol. The van der Waals surface area contributed by atoms with E-state index in [2.05, 4.69) is 47.0 Å². The molecule has 1 aromatic carbocycles. The van der Waals surface area contributed by atoms with Crippen molar-refractivity contribution in [1.29, 1.82) is 0 Å². The molecule has 1 atom stereocenters. The van der Waals surface area contributed by atoms with Crippen LogP contribution in [0.4, 0.5) is 0 Å². The van der Waals surface area contributed by atoms with Crippen molar-refractivity contribution in [3.05, 3.63) is 29.8 Å². The van der Waals surface area contributed by atoms with Crippen molar-refractivity contribution in [1.82, 2.24) is 0 Å². The molecule has 2 rings (SSSR count). The van der Waals surface area contributed by atoms with Crippen molar-refractivity contribution in [2.75, 3.05) is 39.3 Å². The third-order valence-corrected chi connectivity index (χ3v) is 7.84. The zero-order valence-corrected chi connectivity index (χ0v) is 21.0. The summed E-state index contributed by atoms with van der Waals surface area (Å²) in [6.07, 6.45) is 8.11. The Balaban J connectivity index is 1.98. The largest absolute Gasteiger partial charge is 0.497 e. The van der Waals surface area contributed by atoms with Crippen molar-refractivity contribution in [3.8, 4) is 5.75 Å². The molecule has 4 heteroatoms. The number of hydrogen-bond acceptors (Lipinski definition) is 3. The average Bonchev–Trinajstić information content (AvgIpc) is 3.21. The summed E-state index contributed by atoms with van der Waals surface area (Å²) in [6, 6.07) is 8.21. The maximum Gasteiger partial charge on any atom is 0.191 e. The highest BCUT2D eigenvalue weighted by Gasteiger charge is 2.35. The first-order chi connectivity index (χ1) is 14.1. The van der Waals surface area contributed by atoms with Gasteiger partial charge >= 0.3 is 0 Å². The Morgan fingerprint density at radius 3 is 2.37 bits per heavy atom. The van der Waals surface area contributed by atoms with Gasteiger partial charge in [0.05, 0.1) is 33.5 Å². The molecule has 1 aromatic rings. The first-order valence-electron chi connectivity index (χ1n) is 11.7. The number of ketones is 1. The van der Waals surface area contributed by atoms with Gasteiger partial charge < -0.3 is 9.22 Å². The summed E-state index contributed by atoms with van der Waals surface area (Å²) in [5.41, 5.74) is 1.50. The fraction of sp³-hybridized carbons (Fsp3) is 0.731. The molecule has 0 radical (unpaired) electrons. The number of carbonyl (C=O) groups excluding carboxylic acids is 1. The highest BCUT2D eigenvalue weighted by molar-refractivity contribution is 7.99. The molecule has 1 fully saturated rings. The molecule has 0 spiro atoms. The van der Waals surface area contributed by atoms with Crippen molar-refractivity contribution in [3.63, 3.8) is 0 Å². The second kappa shape index (κ2) is 11.6. The zero-order chi connectivity index (χ0) is 22.2. The van der Waals surface area contributed by atoms with Crippen LogP contribution in [0.25, 0.3) is 0 Å². The normalized spacial score (nSPS) is 16.6. The molecule has 0 aromatic heterocycles. The van der Waals surface area contributed by atoms with Crippen LogP contribution < -0.4 is 4.74 Å². The van der Waals surface area contributed by atoms with Crippen LogP contribution in [0.1, 0.15) is 64.9 Å². The van der Waals surface area contributed by atoms with Crippen molar-refractivity contribution >= 4 is 17.5 Å². The third-order valence-electron chi connectivity index (χ3n) is 6.58. The Morgan fingerprint density at radius 2 is 1.80 bits per heavy atom. The van der Waals surface area contributed by atoms with E-state index in [0.717, 1.165) is 41.3 Å². The Kier molecular flexibility index (Phi) is 9.74. The highest BCUT2D eigenvalue weighted by Crippen LogP contribution is 2.30. The molecule has 170 valence electrons. The van der Waals surface area contributed by atoms with Gasteiger partial charge in [-0.3, -0.25) is 4.79 Å². The molecule has 0 aliphatic heterocycles. The second-order valence-electron chi connectivity index (χ2n) is 10.8. The lowest BCUT2D eigenvalue weighted by molar-refractivity contribution is -0.904. The summed E-state index contributed by atoms with van der Waals surface area (Å²) in [6.45, 7) is 7.93. The van der Waals surface area contributed by atoms with Gasteiger partial charge in [-0.2, -0.15) is 11.8 Å². The number of methoxy groups -OCH3 is 1. The van der Waals surface area contributed by atoms with Gasteiger partial charge in [-0.15, -0.1) is 0 Å². The van der Waals surface area contributed by atoms with Gasteiger partial charge in [-0.05, 0) is 54.0 Å². The molecule has 0 amide bonds. The van der Waals surface area contributed by atoms with E-state index >= 15 is 0 Å². The Morgan fingerprint density at radius 1 is 1.17 bits per heavy atom. The molecule has 30 heavy (non-hydrogen) atoms. The Labute approximate surface area is 189 Å². The summed E-state index contributed by atoms with van der Waals surface area (Å²) in [5, 5.41) is 0. The molecule has 0 unspecified atom stereocenters. The first kappa shape index (κ1) is 25.3. The van der Waals surface area contributed by atoms with Crippen LogP contribution in [0.5, 0.6) is 5.75 Å². The fourth-order valence-corrected chi connectivity index (χ4v) is 5.83. The van der Waals surface area contributed by atoms with Crippen LogP contribution in [0.2, 0.25) is 0 Å². The Hall–Kier alpha value is -1.00. The maximum atomic E-state index is 13.4. The lowest BCUT2D eigenvalue weighted by atomic mass is 9.91. The van der Waals surface area contributed by atoms with E-state index in [1.54, 1.807) is 7.11 Å². The minimum Gasteiger partial charge on any atom is -0.497 e. The number of quaternary nitrogens is 1. The molecule has 1 saturated carbocycles. The molecule has 0 N–H and O–H groups in total. The van der Waals surface area contributed by atoms with Gasteiger partial charge in [0.1, 0.15) is 5.75 Å². The molecule has 3 nitrogen and oxygen atoms in total. The number of hydrogen-bond donors (Lipinski definition) is 0. The SMILES string of the molecule is COc1ccc(CCC(=O)[C@H](CSCC2CCCC2)[N+](C)(C)CCC(C)(C)C)cc1. The highest BCUT2D eigenvalue weighted by atomic mass is 32.2. The molecule has 0 heterocycles. The summed E-state index contributed by atoms with van der Waals surface area (Å²) in [7, 11) is 6.21. The number of ether oxygens (including phenoxy) is 1. The van der Waals surface area contributed by atoms with Crippen LogP contribution >= 0.6 is 11.8 Å². The third kappa shape index (κ3) is 8.63. The van der Waals surface area contributed by atoms with Crippen molar-refractivity contribution in [2.24, 2.45) is 11.3 Å². The minimum absolute atomic E-state index is 0.0806. The van der Waals surface area contributed by atoms with Gasteiger partial charge in [-0.1, -0.05) is 45.7 Å². The molecule has 0 bridgehead atoms. The lowest BCUT2D eigenvalue weighted by Crippen LogP contribution is -2.55. The second-order valence-corrected chi connectivity index (χ2v) is 11.9. The summed E-state index contributed by atoms with van der Waals surface area (Å²) < 4.78 is 6.05. The number of nitrogens with zero attached hydrogens (tertiary/aromatic N) is 1. The molecular formula is C26H44NO2S+. The van der Waals surface area contributed by atoms with Gasteiger partial charge in [-0.25, -0.2) is 0 Å². The zero-order valence-electron chi connectivity index (χ0n) is 20.2. The summed E-state index contributed by atoms with van der Waals surface area (Å²) >= 11 is 2.02. The summed E-state index contributed by atoms with van der Waals surface area (Å²) in [4.78, 5) is 13.4. The number of rotatable bonds is 12. The minimum atomic E-state index is 0.0806. The smallest absolute Gasteiger partial charge is 0.191 e. The van der Waals surface area contributed by atoms with E-state index in [9.17, 15) is 4.79 Å². The van der Waals surface area contributed by atoms with E-state index in [-0.39, 0.29) is 6.04 Å². The Bertz CT molecular complexity index is 642. The van der Waals surface area contributed by atoms with E-state index < -0.39 is 0 Å². The molecule has 0 saturated heterocycles. The topological polar surface area (TPSA) is 26.3 Å². The van der Waals surface area contributed by atoms with Crippen molar-refractivity contribution < 1.29 is 14.0 Å². The van der Waals surface area contributed by atoms with Gasteiger partial charge in [0.25, 0.3) is 0 Å². The predicted molar refractivity (Wildman–Crippen MR) is 130 cm³/mol. The number of aryl methyl sites for hydroxylation is 1. The molecule has 1 aliphatic rings. The number of benzene rings is 1.